The Morgan fingerprint density at radius 1 is 0.135 bits per heavy atom. The van der Waals surface area contributed by atoms with Crippen LogP contribution in [0.3, 0.4) is 0 Å². The van der Waals surface area contributed by atoms with Crippen molar-refractivity contribution >= 4 is 94.9 Å². The maximum atomic E-state index is 5.30. The van der Waals surface area contributed by atoms with E-state index in [1.807, 2.05) is 72.9 Å². The van der Waals surface area contributed by atoms with Gasteiger partial charge in [-0.15, -0.1) is 34.0 Å². The lowest BCUT2D eigenvalue weighted by Crippen LogP contribution is -1.96. The van der Waals surface area contributed by atoms with Crippen molar-refractivity contribution in [1.82, 2.24) is 39.9 Å². The molecule has 0 bridgehead atoms. The molecule has 26 aromatic rings. The monoisotopic (exact) mass is 1850 g/mol. The molecule has 0 aliphatic heterocycles. The van der Waals surface area contributed by atoms with E-state index in [-0.39, 0.29) is 0 Å². The fourth-order valence-corrected chi connectivity index (χ4v) is 22.0. The molecule has 7 aromatic heterocycles. The van der Waals surface area contributed by atoms with E-state index >= 15 is 0 Å². The summed E-state index contributed by atoms with van der Waals surface area (Å²) in [5.74, 6) is 2.90. The first-order valence-corrected chi connectivity index (χ1v) is 49.6. The summed E-state index contributed by atoms with van der Waals surface area (Å²) in [6, 6.07) is 177. The van der Waals surface area contributed by atoms with Gasteiger partial charge in [0, 0.05) is 103 Å². The Morgan fingerprint density at radius 3 is 0.652 bits per heavy atom. The number of fused-ring (bicyclic) bond motifs is 9. The van der Waals surface area contributed by atoms with Gasteiger partial charge in [-0.3, -0.25) is 0 Å². The van der Waals surface area contributed by atoms with Gasteiger partial charge >= 0.3 is 0 Å². The predicted octanol–water partition coefficient (Wildman–Crippen LogP) is 35.7. The molecule has 0 radical (unpaired) electrons. The highest BCUT2D eigenvalue weighted by atomic mass is 32.1. The average Bonchev–Trinajstić information content (AvgIpc) is 1.62. The number of rotatable bonds is 17. The minimum Gasteiger partial charge on any atom is -0.236 e. The third-order valence-corrected chi connectivity index (χ3v) is 29.1. The number of aromatic nitrogens is 8. The van der Waals surface area contributed by atoms with E-state index in [0.29, 0.717) is 11.6 Å². The molecule has 662 valence electrons. The van der Waals surface area contributed by atoms with Crippen molar-refractivity contribution in [2.45, 2.75) is 0 Å². The molecule has 141 heavy (non-hydrogen) atoms. The molecule has 0 fully saturated rings. The molecule has 11 heteroatoms. The second-order valence-corrected chi connectivity index (χ2v) is 37.8. The zero-order valence-corrected chi connectivity index (χ0v) is 78.7. The molecule has 0 atom stereocenters. The Labute approximate surface area is 828 Å². The standard InChI is InChI=1S/C46H30N2S.C44H28N4S.C40H26N2S/c1-4-13-31(14-5-1)36-19-12-20-37(27-36)45-47-44(43-41-21-10-11-22-42(41)49-46(43)48-45)35-25-23-34(24-26-35)40-29-38(32-15-6-2-7-16-32)28-39(30-40)33-17-8-3-9-18-33;1-4-13-29(14-5-1)34-19-12-20-35(27-34)43-47-41(39-36-21-10-11-22-38(36)49-44(39)48-43)32-25-23-30(24-26-32)37-28-45-42(33-17-8-3-9-18-33)46-40(37)31-15-6-2-7-16-31;1-3-10-27(11-4-1)29-18-20-30(21-19-29)31-22-24-32(25-23-31)38-37-35-16-7-8-17-36(35)43-40(37)42-39(41-38)34-15-9-14-33(26-34)28-12-5-2-6-13-28/h1-30H;1-28H;1-26H. The van der Waals surface area contributed by atoms with Crippen molar-refractivity contribution in [2.75, 3.05) is 0 Å². The van der Waals surface area contributed by atoms with E-state index in [1.165, 1.54) is 97.0 Å². The van der Waals surface area contributed by atoms with Gasteiger partial charge in [-0.2, -0.15) is 0 Å². The van der Waals surface area contributed by atoms with Gasteiger partial charge in [0.2, 0.25) is 0 Å². The van der Waals surface area contributed by atoms with Gasteiger partial charge in [0.25, 0.3) is 0 Å². The Hall–Kier alpha value is -17.8. The van der Waals surface area contributed by atoms with E-state index in [4.69, 9.17) is 39.9 Å². The molecular formula is C130H84N8S3. The van der Waals surface area contributed by atoms with Crippen LogP contribution in [0.2, 0.25) is 0 Å². The maximum Gasteiger partial charge on any atom is 0.161 e. The van der Waals surface area contributed by atoms with E-state index in [0.717, 1.165) is 143 Å². The van der Waals surface area contributed by atoms with Crippen LogP contribution in [0.5, 0.6) is 0 Å². The van der Waals surface area contributed by atoms with Gasteiger partial charge < -0.3 is 0 Å². The van der Waals surface area contributed by atoms with Crippen LogP contribution in [-0.4, -0.2) is 39.9 Å². The number of nitrogens with zero attached hydrogens (tertiary/aromatic N) is 8. The Bertz CT molecular complexity index is 8970. The first kappa shape index (κ1) is 86.0. The molecule has 8 nitrogen and oxygen atoms in total. The first-order valence-electron chi connectivity index (χ1n) is 47.1. The molecule has 0 amide bonds. The molecule has 0 N–H and O–H groups in total. The van der Waals surface area contributed by atoms with E-state index in [1.54, 1.807) is 34.0 Å². The van der Waals surface area contributed by atoms with E-state index in [2.05, 4.69) is 437 Å². The Balaban J connectivity index is 0.000000115. The summed E-state index contributed by atoms with van der Waals surface area (Å²) in [4.78, 5) is 44.1. The van der Waals surface area contributed by atoms with Crippen molar-refractivity contribution in [1.29, 1.82) is 0 Å². The summed E-state index contributed by atoms with van der Waals surface area (Å²) >= 11 is 5.17. The fraction of sp³-hybridized carbons (Fsp3) is 0. The molecule has 0 aliphatic carbocycles. The fourth-order valence-electron chi connectivity index (χ4n) is 18.7. The van der Waals surface area contributed by atoms with E-state index in [9.17, 15) is 0 Å². The number of thiophene rings is 3. The van der Waals surface area contributed by atoms with Gasteiger partial charge in [0.05, 0.1) is 22.8 Å². The van der Waals surface area contributed by atoms with Gasteiger partial charge in [-0.25, -0.2) is 39.9 Å². The van der Waals surface area contributed by atoms with Crippen LogP contribution in [0, 0.1) is 0 Å². The van der Waals surface area contributed by atoms with Gasteiger partial charge in [0.15, 0.2) is 23.3 Å². The lowest BCUT2D eigenvalue weighted by atomic mass is 9.93. The maximum absolute atomic E-state index is 5.30. The number of hydrogen-bond acceptors (Lipinski definition) is 11. The summed E-state index contributed by atoms with van der Waals surface area (Å²) in [7, 11) is 0. The number of benzene rings is 19. The van der Waals surface area contributed by atoms with Crippen LogP contribution in [-0.2, 0) is 0 Å². The molecule has 26 rings (SSSR count). The van der Waals surface area contributed by atoms with Crippen molar-refractivity contribution in [3.8, 4) is 191 Å². The third-order valence-electron chi connectivity index (χ3n) is 25.9. The summed E-state index contributed by atoms with van der Waals surface area (Å²) in [5, 5.41) is 6.86. The van der Waals surface area contributed by atoms with Crippen LogP contribution in [0.25, 0.3) is 252 Å². The summed E-state index contributed by atoms with van der Waals surface area (Å²) in [6.45, 7) is 0. The molecule has 0 saturated carbocycles. The zero-order valence-electron chi connectivity index (χ0n) is 76.3. The third kappa shape index (κ3) is 17.9. The van der Waals surface area contributed by atoms with Crippen molar-refractivity contribution < 1.29 is 0 Å². The summed E-state index contributed by atoms with van der Waals surface area (Å²) in [6.07, 6.45) is 1.94. The molecule has 7 heterocycles. The highest BCUT2D eigenvalue weighted by Gasteiger charge is 2.24. The molecule has 19 aromatic carbocycles. The second-order valence-electron chi connectivity index (χ2n) is 34.8. The normalized spacial score (nSPS) is 11.3. The highest BCUT2D eigenvalue weighted by molar-refractivity contribution is 7.26. The highest BCUT2D eigenvalue weighted by Crippen LogP contribution is 2.47. The quantitative estimate of drug-likeness (QED) is 0.0888. The largest absolute Gasteiger partial charge is 0.236 e. The smallest absolute Gasteiger partial charge is 0.161 e. The van der Waals surface area contributed by atoms with Crippen LogP contribution < -0.4 is 0 Å². The van der Waals surface area contributed by atoms with Crippen molar-refractivity contribution in [2.24, 2.45) is 0 Å². The van der Waals surface area contributed by atoms with Crippen molar-refractivity contribution in [3.05, 3.63) is 510 Å². The Morgan fingerprint density at radius 2 is 0.340 bits per heavy atom. The van der Waals surface area contributed by atoms with Gasteiger partial charge in [-0.1, -0.05) is 449 Å². The van der Waals surface area contributed by atoms with Crippen LogP contribution in [0.1, 0.15) is 0 Å². The molecule has 0 spiro atoms. The van der Waals surface area contributed by atoms with Gasteiger partial charge in [-0.05, 0) is 149 Å². The van der Waals surface area contributed by atoms with Crippen LogP contribution >= 0.6 is 34.0 Å². The zero-order chi connectivity index (χ0) is 93.7. The predicted molar refractivity (Wildman–Crippen MR) is 593 cm³/mol. The molecule has 0 saturated heterocycles. The van der Waals surface area contributed by atoms with E-state index < -0.39 is 0 Å². The SMILES string of the molecule is c1ccc(-c2cc(-c3ccccc3)cc(-c3ccc(-c4nc(-c5cccc(-c6ccccc6)c5)nc5sc6ccccc6c45)cc3)c2)cc1.c1ccc(-c2ccc(-c3ccc(-c4nc(-c5cccc(-c6ccccc6)c5)nc5sc6ccccc6c45)cc3)cc2)cc1.c1ccc(-c2cccc(-c3nc(-c4ccc(-c5cnc(-c6ccccc6)nc5-c5ccccc5)cc4)c4c(n3)sc3ccccc34)c2)cc1. The van der Waals surface area contributed by atoms with Crippen molar-refractivity contribution in [3.63, 3.8) is 0 Å². The minimum absolute atomic E-state index is 0.705. The first-order chi connectivity index (χ1) is 69.8. The van der Waals surface area contributed by atoms with Gasteiger partial charge in [0.1, 0.15) is 14.5 Å². The second kappa shape index (κ2) is 38.7. The Kier molecular flexibility index (Phi) is 23.6. The van der Waals surface area contributed by atoms with Crippen LogP contribution in [0.4, 0.5) is 0 Å². The molecular weight excluding hydrogens is 1770 g/mol. The van der Waals surface area contributed by atoms with Crippen LogP contribution in [0.15, 0.2) is 510 Å². The summed E-state index contributed by atoms with van der Waals surface area (Å²) in [5.41, 5.74) is 32.9. The minimum atomic E-state index is 0.705. The lowest BCUT2D eigenvalue weighted by Gasteiger charge is -2.12. The topological polar surface area (TPSA) is 103 Å². The summed E-state index contributed by atoms with van der Waals surface area (Å²) < 4.78 is 3.63. The number of hydrogen-bond donors (Lipinski definition) is 0. The average molecular weight is 1850 g/mol. The lowest BCUT2D eigenvalue weighted by molar-refractivity contribution is 1.18. The molecule has 0 unspecified atom stereocenters. The molecule has 0 aliphatic rings.